The summed E-state index contributed by atoms with van der Waals surface area (Å²) in [7, 11) is 0. The van der Waals surface area contributed by atoms with Gasteiger partial charge in [-0.1, -0.05) is 19.9 Å². The average Bonchev–Trinajstić information content (AvgIpc) is 3.54. The van der Waals surface area contributed by atoms with Crippen LogP contribution in [0, 0.1) is 25.2 Å². The summed E-state index contributed by atoms with van der Waals surface area (Å²) < 4.78 is 1.69. The van der Waals surface area contributed by atoms with E-state index in [1.54, 1.807) is 17.1 Å². The van der Waals surface area contributed by atoms with E-state index in [4.69, 9.17) is 4.98 Å². The summed E-state index contributed by atoms with van der Waals surface area (Å²) in [5, 5.41) is 29.3. The zero-order valence-corrected chi connectivity index (χ0v) is 22.2. The molecule has 4 aromatic heterocycles. The number of pyridine rings is 2. The lowest BCUT2D eigenvalue weighted by atomic mass is 9.62. The van der Waals surface area contributed by atoms with Gasteiger partial charge in [-0.15, -0.1) is 0 Å². The summed E-state index contributed by atoms with van der Waals surface area (Å²) >= 11 is 0. The van der Waals surface area contributed by atoms with E-state index in [1.807, 2.05) is 70.3 Å². The molecule has 0 saturated heterocycles. The molecule has 4 heterocycles. The Kier molecular flexibility index (Phi) is 6.75. The van der Waals surface area contributed by atoms with Gasteiger partial charge >= 0.3 is 0 Å². The third-order valence-electron chi connectivity index (χ3n) is 7.28. The molecule has 0 bridgehead atoms. The molecule has 38 heavy (non-hydrogen) atoms. The number of carbonyl (C=O) groups is 1. The van der Waals surface area contributed by atoms with Crippen molar-refractivity contribution in [1.82, 2.24) is 35.3 Å². The first kappa shape index (κ1) is 25.6. The van der Waals surface area contributed by atoms with Gasteiger partial charge in [-0.2, -0.15) is 10.2 Å². The summed E-state index contributed by atoms with van der Waals surface area (Å²) in [6, 6.07) is 11.4. The Morgan fingerprint density at radius 3 is 2.71 bits per heavy atom. The van der Waals surface area contributed by atoms with Crippen LogP contribution in [0.25, 0.3) is 5.82 Å². The highest BCUT2D eigenvalue weighted by atomic mass is 16.3. The molecule has 198 valence electrons. The number of aryl methyl sites for hydroxylation is 2. The number of aromatic amines is 1. The Bertz CT molecular complexity index is 1410. The first-order valence-electron chi connectivity index (χ1n) is 12.8. The first-order chi connectivity index (χ1) is 18.1. The predicted octanol–water partition coefficient (Wildman–Crippen LogP) is 4.08. The maximum absolute atomic E-state index is 13.2. The molecule has 4 aromatic rings. The van der Waals surface area contributed by atoms with Crippen molar-refractivity contribution in [3.05, 3.63) is 77.5 Å². The van der Waals surface area contributed by atoms with Crippen molar-refractivity contribution in [3.63, 3.8) is 0 Å². The van der Waals surface area contributed by atoms with Gasteiger partial charge < -0.3 is 15.7 Å². The van der Waals surface area contributed by atoms with Crippen molar-refractivity contribution in [2.75, 3.05) is 5.32 Å². The number of hydrogen-bond acceptors (Lipinski definition) is 7. The largest absolute Gasteiger partial charge is 0.384 e. The second-order valence-electron chi connectivity index (χ2n) is 11.0. The summed E-state index contributed by atoms with van der Waals surface area (Å²) in [5.74, 6) is 1.78. The topological polar surface area (TPSA) is 134 Å². The molecule has 0 aromatic carbocycles. The number of amides is 1. The quantitative estimate of drug-likeness (QED) is 0.292. The lowest BCUT2D eigenvalue weighted by molar-refractivity contribution is -0.137. The lowest BCUT2D eigenvalue weighted by Gasteiger charge is -2.46. The van der Waals surface area contributed by atoms with Gasteiger partial charge in [-0.25, -0.2) is 14.6 Å². The fourth-order valence-electron chi connectivity index (χ4n) is 5.40. The monoisotopic (exact) mass is 514 g/mol. The molecule has 1 fully saturated rings. The molecule has 10 nitrogen and oxygen atoms in total. The van der Waals surface area contributed by atoms with Crippen LogP contribution in [0.3, 0.4) is 0 Å². The summed E-state index contributed by atoms with van der Waals surface area (Å²) in [6.07, 6.45) is 6.72. The SMILES string of the molecule is Cc1cc(Nc2cc(C)[nH]n2)nc([C@]2(O)CC[C@@H](C(=O)NCc3ccc(-n4cccn4)nc3)C(C)(C)C2)c1. The van der Waals surface area contributed by atoms with E-state index in [0.717, 1.165) is 22.6 Å². The van der Waals surface area contributed by atoms with E-state index in [2.05, 4.69) is 30.9 Å². The molecular weight excluding hydrogens is 480 g/mol. The number of nitrogens with one attached hydrogen (secondary N) is 3. The second-order valence-corrected chi connectivity index (χ2v) is 11.0. The van der Waals surface area contributed by atoms with E-state index in [0.29, 0.717) is 43.1 Å². The van der Waals surface area contributed by atoms with Crippen molar-refractivity contribution in [2.24, 2.45) is 11.3 Å². The smallest absolute Gasteiger partial charge is 0.223 e. The number of hydrogen-bond donors (Lipinski definition) is 4. The molecule has 2 atom stereocenters. The van der Waals surface area contributed by atoms with Crippen LogP contribution in [0.2, 0.25) is 0 Å². The standard InChI is InChI=1S/C28H34N8O2/c1-18-12-22(32-23(13-18)33-24-14-19(2)34-35-24)28(38)9-8-21(27(3,4)17-28)26(37)30-16-20-6-7-25(29-15-20)36-11-5-10-31-36/h5-7,10-15,21,38H,8-9,16-17H2,1-4H3,(H,30,37)(H2,32,33,34,35)/t21-,28-/m0/s1. The van der Waals surface area contributed by atoms with Gasteiger partial charge in [-0.05, 0) is 73.9 Å². The Hall–Kier alpha value is -4.05. The van der Waals surface area contributed by atoms with Gasteiger partial charge in [0.05, 0.1) is 5.69 Å². The molecule has 0 unspecified atom stereocenters. The molecule has 10 heteroatoms. The number of aromatic nitrogens is 6. The zero-order chi connectivity index (χ0) is 26.9. The number of nitrogens with zero attached hydrogens (tertiary/aromatic N) is 5. The number of aliphatic hydroxyl groups is 1. The Labute approximate surface area is 221 Å². The highest BCUT2D eigenvalue weighted by molar-refractivity contribution is 5.79. The van der Waals surface area contributed by atoms with Crippen LogP contribution in [0.5, 0.6) is 0 Å². The third-order valence-corrected chi connectivity index (χ3v) is 7.28. The molecule has 0 radical (unpaired) electrons. The molecule has 0 spiro atoms. The third kappa shape index (κ3) is 5.45. The molecule has 1 amide bonds. The first-order valence-corrected chi connectivity index (χ1v) is 12.8. The van der Waals surface area contributed by atoms with Gasteiger partial charge in [0.15, 0.2) is 11.6 Å². The van der Waals surface area contributed by atoms with Gasteiger partial charge in [0, 0.05) is 42.8 Å². The number of rotatable bonds is 7. The van der Waals surface area contributed by atoms with Gasteiger partial charge in [0.25, 0.3) is 0 Å². The normalized spacial score (nSPS) is 20.7. The molecule has 4 N–H and O–H groups in total. The highest BCUT2D eigenvalue weighted by Crippen LogP contribution is 2.49. The Balaban J connectivity index is 1.24. The van der Waals surface area contributed by atoms with E-state index < -0.39 is 11.0 Å². The van der Waals surface area contributed by atoms with Crippen LogP contribution < -0.4 is 10.6 Å². The summed E-state index contributed by atoms with van der Waals surface area (Å²) in [4.78, 5) is 22.4. The molecule has 1 aliphatic carbocycles. The highest BCUT2D eigenvalue weighted by Gasteiger charge is 2.48. The van der Waals surface area contributed by atoms with Crippen LogP contribution in [0.4, 0.5) is 11.6 Å². The maximum atomic E-state index is 13.2. The van der Waals surface area contributed by atoms with Gasteiger partial charge in [0.1, 0.15) is 11.4 Å². The van der Waals surface area contributed by atoms with Crippen LogP contribution in [-0.4, -0.2) is 41.0 Å². The van der Waals surface area contributed by atoms with Crippen LogP contribution in [0.1, 0.15) is 55.6 Å². The van der Waals surface area contributed by atoms with Crippen molar-refractivity contribution < 1.29 is 9.90 Å². The Morgan fingerprint density at radius 2 is 2.05 bits per heavy atom. The van der Waals surface area contributed by atoms with Crippen LogP contribution in [0.15, 0.2) is 55.0 Å². The minimum Gasteiger partial charge on any atom is -0.384 e. The molecular formula is C28H34N8O2. The van der Waals surface area contributed by atoms with Crippen molar-refractivity contribution in [3.8, 4) is 5.82 Å². The van der Waals surface area contributed by atoms with Crippen molar-refractivity contribution in [1.29, 1.82) is 0 Å². The average molecular weight is 515 g/mol. The fraction of sp³-hybridized carbons (Fsp3) is 0.393. The number of H-pyrrole nitrogens is 1. The summed E-state index contributed by atoms with van der Waals surface area (Å²) in [5.41, 5.74) is 1.90. The second kappa shape index (κ2) is 10.0. The lowest BCUT2D eigenvalue weighted by Crippen LogP contribution is -2.48. The van der Waals surface area contributed by atoms with Gasteiger partial charge in [0.2, 0.25) is 5.91 Å². The molecule has 5 rings (SSSR count). The predicted molar refractivity (Wildman–Crippen MR) is 144 cm³/mol. The van der Waals surface area contributed by atoms with E-state index in [9.17, 15) is 9.90 Å². The van der Waals surface area contributed by atoms with E-state index in [-0.39, 0.29) is 11.8 Å². The number of anilines is 2. The van der Waals surface area contributed by atoms with Crippen LogP contribution in [-0.2, 0) is 16.9 Å². The van der Waals surface area contributed by atoms with Crippen molar-refractivity contribution in [2.45, 2.75) is 59.1 Å². The molecule has 1 aliphatic rings. The maximum Gasteiger partial charge on any atom is 0.223 e. The minimum absolute atomic E-state index is 0.0124. The van der Waals surface area contributed by atoms with Crippen molar-refractivity contribution >= 4 is 17.5 Å². The fourth-order valence-corrected chi connectivity index (χ4v) is 5.40. The minimum atomic E-state index is -1.13. The van der Waals surface area contributed by atoms with Crippen LogP contribution >= 0.6 is 0 Å². The van der Waals surface area contributed by atoms with Gasteiger partial charge in [-0.3, -0.25) is 9.89 Å². The number of carbonyl (C=O) groups excluding carboxylic acids is 1. The van der Waals surface area contributed by atoms with E-state index in [1.165, 1.54) is 0 Å². The summed E-state index contributed by atoms with van der Waals surface area (Å²) in [6.45, 7) is 8.40. The zero-order valence-electron chi connectivity index (χ0n) is 22.2. The van der Waals surface area contributed by atoms with E-state index >= 15 is 0 Å². The molecule has 0 aliphatic heterocycles. The Morgan fingerprint density at radius 1 is 1.21 bits per heavy atom. The molecule has 1 saturated carbocycles.